The maximum Gasteiger partial charge on any atom is 0.257 e. The van der Waals surface area contributed by atoms with Crippen molar-refractivity contribution in [2.45, 2.75) is 27.3 Å². The van der Waals surface area contributed by atoms with E-state index in [1.807, 2.05) is 55.9 Å². The van der Waals surface area contributed by atoms with Gasteiger partial charge in [0.05, 0.1) is 12.2 Å². The Hall–Kier alpha value is -3.94. The van der Waals surface area contributed by atoms with Crippen molar-refractivity contribution in [1.82, 2.24) is 15.1 Å². The molecule has 0 aliphatic carbocycles. The molecule has 3 N–H and O–H groups in total. The molecule has 0 aliphatic heterocycles. The molecule has 160 valence electrons. The molecule has 0 spiro atoms. The van der Waals surface area contributed by atoms with Crippen molar-refractivity contribution in [1.29, 1.82) is 0 Å². The van der Waals surface area contributed by atoms with E-state index in [4.69, 9.17) is 0 Å². The minimum Gasteiger partial charge on any atom is -0.326 e. The second-order valence-electron chi connectivity index (χ2n) is 7.14. The van der Waals surface area contributed by atoms with Crippen LogP contribution in [-0.4, -0.2) is 27.6 Å². The molecule has 1 heterocycles. The number of para-hydroxylation sites is 1. The van der Waals surface area contributed by atoms with E-state index in [1.165, 1.54) is 6.92 Å². The molecule has 0 atom stereocenters. The zero-order valence-electron chi connectivity index (χ0n) is 18.1. The van der Waals surface area contributed by atoms with Crippen LogP contribution in [0.25, 0.3) is 0 Å². The number of benzene rings is 2. The standard InChI is InChI=1S/C23H26N6O2/c1-15-21(16(2)29(4)28-15)14-24-23(26-19-8-6-5-7-9-19)27-22(31)18-10-12-20(13-11-18)25-17(3)30/h5-13H,14H2,1-4H3,(H,25,30)(H2,24,26,27,31). The molecule has 0 radical (unpaired) electrons. The molecule has 2 amide bonds. The Labute approximate surface area is 181 Å². The van der Waals surface area contributed by atoms with Gasteiger partial charge in [-0.25, -0.2) is 4.99 Å². The third kappa shape index (κ3) is 5.79. The Morgan fingerprint density at radius 2 is 1.61 bits per heavy atom. The summed E-state index contributed by atoms with van der Waals surface area (Å²) in [6, 6.07) is 16.2. The maximum atomic E-state index is 12.8. The summed E-state index contributed by atoms with van der Waals surface area (Å²) in [6.07, 6.45) is 0. The molecule has 0 unspecified atom stereocenters. The van der Waals surface area contributed by atoms with Gasteiger partial charge in [0.1, 0.15) is 0 Å². The normalized spacial score (nSPS) is 11.2. The minimum absolute atomic E-state index is 0.167. The smallest absolute Gasteiger partial charge is 0.257 e. The van der Waals surface area contributed by atoms with E-state index >= 15 is 0 Å². The fourth-order valence-corrected chi connectivity index (χ4v) is 3.06. The van der Waals surface area contributed by atoms with E-state index in [2.05, 4.69) is 26.0 Å². The fourth-order valence-electron chi connectivity index (χ4n) is 3.06. The van der Waals surface area contributed by atoms with Crippen molar-refractivity contribution in [3.8, 4) is 0 Å². The van der Waals surface area contributed by atoms with Gasteiger partial charge >= 0.3 is 0 Å². The predicted molar refractivity (Wildman–Crippen MR) is 122 cm³/mol. The Bertz CT molecular complexity index is 1100. The van der Waals surface area contributed by atoms with E-state index in [0.717, 1.165) is 22.6 Å². The topological polar surface area (TPSA) is 100 Å². The number of nitrogens with one attached hydrogen (secondary N) is 3. The van der Waals surface area contributed by atoms with Crippen LogP contribution in [0, 0.1) is 13.8 Å². The number of carbonyl (C=O) groups excluding carboxylic acids is 2. The van der Waals surface area contributed by atoms with E-state index in [9.17, 15) is 9.59 Å². The first kappa shape index (κ1) is 21.8. The molecule has 2 aromatic carbocycles. The highest BCUT2D eigenvalue weighted by Gasteiger charge is 2.12. The predicted octanol–water partition coefficient (Wildman–Crippen LogP) is 3.39. The Morgan fingerprint density at radius 3 is 2.19 bits per heavy atom. The largest absolute Gasteiger partial charge is 0.326 e. The first-order chi connectivity index (χ1) is 14.8. The van der Waals surface area contributed by atoms with Crippen LogP contribution >= 0.6 is 0 Å². The van der Waals surface area contributed by atoms with Crippen molar-refractivity contribution in [3.05, 3.63) is 77.1 Å². The number of hydrogen-bond acceptors (Lipinski definition) is 4. The number of aromatic nitrogens is 2. The van der Waals surface area contributed by atoms with E-state index < -0.39 is 0 Å². The number of aliphatic imine (C=N–C) groups is 1. The van der Waals surface area contributed by atoms with Crippen LogP contribution < -0.4 is 16.0 Å². The van der Waals surface area contributed by atoms with Crippen LogP contribution in [0.2, 0.25) is 0 Å². The lowest BCUT2D eigenvalue weighted by atomic mass is 10.2. The third-order valence-corrected chi connectivity index (χ3v) is 4.79. The summed E-state index contributed by atoms with van der Waals surface area (Å²) in [7, 11) is 1.89. The number of carbonyl (C=O) groups is 2. The van der Waals surface area contributed by atoms with Crippen molar-refractivity contribution >= 4 is 29.1 Å². The van der Waals surface area contributed by atoms with Crippen LogP contribution in [0.5, 0.6) is 0 Å². The molecule has 0 bridgehead atoms. The van der Waals surface area contributed by atoms with E-state index in [-0.39, 0.29) is 11.8 Å². The van der Waals surface area contributed by atoms with Crippen molar-refractivity contribution in [3.63, 3.8) is 0 Å². The number of anilines is 2. The fraction of sp³-hybridized carbons (Fsp3) is 0.217. The Morgan fingerprint density at radius 1 is 0.968 bits per heavy atom. The lowest BCUT2D eigenvalue weighted by Crippen LogP contribution is -2.36. The molecule has 0 saturated heterocycles. The molecule has 3 aromatic rings. The van der Waals surface area contributed by atoms with Crippen LogP contribution in [0.4, 0.5) is 11.4 Å². The SMILES string of the molecule is CC(=O)Nc1ccc(C(=O)NC(=NCc2c(C)nn(C)c2C)Nc2ccccc2)cc1. The molecular formula is C23H26N6O2. The lowest BCUT2D eigenvalue weighted by molar-refractivity contribution is -0.114. The van der Waals surface area contributed by atoms with Gasteiger partial charge in [-0.3, -0.25) is 19.6 Å². The Kier molecular flexibility index (Phi) is 6.81. The van der Waals surface area contributed by atoms with Gasteiger partial charge in [0.15, 0.2) is 0 Å². The molecule has 8 nitrogen and oxygen atoms in total. The van der Waals surface area contributed by atoms with E-state index in [1.54, 1.807) is 24.3 Å². The molecule has 0 aliphatic rings. The van der Waals surface area contributed by atoms with E-state index in [0.29, 0.717) is 23.8 Å². The summed E-state index contributed by atoms with van der Waals surface area (Å²) in [4.78, 5) is 28.6. The number of amides is 2. The van der Waals surface area contributed by atoms with Gasteiger partial charge in [0, 0.05) is 42.2 Å². The number of nitrogens with zero attached hydrogens (tertiary/aromatic N) is 3. The number of aryl methyl sites for hydroxylation is 2. The number of guanidine groups is 1. The highest BCUT2D eigenvalue weighted by atomic mass is 16.2. The van der Waals surface area contributed by atoms with Gasteiger partial charge in [0.25, 0.3) is 5.91 Å². The van der Waals surface area contributed by atoms with Gasteiger partial charge in [-0.1, -0.05) is 18.2 Å². The molecular weight excluding hydrogens is 392 g/mol. The molecule has 0 saturated carbocycles. The molecule has 1 aromatic heterocycles. The lowest BCUT2D eigenvalue weighted by Gasteiger charge is -2.12. The van der Waals surface area contributed by atoms with Crippen LogP contribution in [-0.2, 0) is 18.4 Å². The summed E-state index contributed by atoms with van der Waals surface area (Å²) in [5.41, 5.74) is 4.84. The summed E-state index contributed by atoms with van der Waals surface area (Å²) in [6.45, 7) is 5.74. The zero-order valence-corrected chi connectivity index (χ0v) is 18.1. The van der Waals surface area contributed by atoms with Gasteiger partial charge in [-0.2, -0.15) is 5.10 Å². The van der Waals surface area contributed by atoms with Gasteiger partial charge in [-0.15, -0.1) is 0 Å². The second-order valence-corrected chi connectivity index (χ2v) is 7.14. The highest BCUT2D eigenvalue weighted by molar-refractivity contribution is 6.10. The average Bonchev–Trinajstić information content (AvgIpc) is 2.98. The summed E-state index contributed by atoms with van der Waals surface area (Å²) >= 11 is 0. The Balaban J connectivity index is 1.80. The van der Waals surface area contributed by atoms with Gasteiger partial charge in [0.2, 0.25) is 11.9 Å². The van der Waals surface area contributed by atoms with Crippen molar-refractivity contribution in [2.24, 2.45) is 12.0 Å². The second kappa shape index (κ2) is 9.71. The van der Waals surface area contributed by atoms with Crippen LogP contribution in [0.3, 0.4) is 0 Å². The first-order valence-corrected chi connectivity index (χ1v) is 9.88. The first-order valence-electron chi connectivity index (χ1n) is 9.88. The maximum absolute atomic E-state index is 12.8. The van der Waals surface area contributed by atoms with Crippen LogP contribution in [0.1, 0.15) is 34.2 Å². The van der Waals surface area contributed by atoms with Crippen LogP contribution in [0.15, 0.2) is 59.6 Å². The molecule has 3 rings (SSSR count). The third-order valence-electron chi connectivity index (χ3n) is 4.79. The highest BCUT2D eigenvalue weighted by Crippen LogP contribution is 2.14. The minimum atomic E-state index is -0.309. The van der Waals surface area contributed by atoms with Gasteiger partial charge < -0.3 is 10.6 Å². The number of rotatable bonds is 5. The molecule has 31 heavy (non-hydrogen) atoms. The monoisotopic (exact) mass is 418 g/mol. The summed E-state index contributed by atoms with van der Waals surface area (Å²) in [5, 5.41) is 13.1. The summed E-state index contributed by atoms with van der Waals surface area (Å²) in [5.74, 6) is -0.138. The average molecular weight is 419 g/mol. The van der Waals surface area contributed by atoms with Crippen molar-refractivity contribution < 1.29 is 9.59 Å². The summed E-state index contributed by atoms with van der Waals surface area (Å²) < 4.78 is 1.82. The van der Waals surface area contributed by atoms with Gasteiger partial charge in [-0.05, 0) is 50.2 Å². The number of hydrogen-bond donors (Lipinski definition) is 3. The van der Waals surface area contributed by atoms with Crippen molar-refractivity contribution in [2.75, 3.05) is 10.6 Å². The quantitative estimate of drug-likeness (QED) is 0.437. The molecule has 0 fully saturated rings. The zero-order chi connectivity index (χ0) is 22.4. The molecule has 8 heteroatoms.